The van der Waals surface area contributed by atoms with E-state index in [1.54, 1.807) is 12.1 Å². The molecule has 1 fully saturated rings. The fourth-order valence-corrected chi connectivity index (χ4v) is 2.86. The summed E-state index contributed by atoms with van der Waals surface area (Å²) in [6.45, 7) is 10.2. The van der Waals surface area contributed by atoms with Gasteiger partial charge >= 0.3 is 0 Å². The van der Waals surface area contributed by atoms with Crippen molar-refractivity contribution in [3.05, 3.63) is 30.1 Å². The first-order valence-corrected chi connectivity index (χ1v) is 8.06. The normalized spacial score (nSPS) is 18.7. The summed E-state index contributed by atoms with van der Waals surface area (Å²) in [5.41, 5.74) is 6.34. The van der Waals surface area contributed by atoms with Crippen LogP contribution in [-0.2, 0) is 4.79 Å². The number of anilines is 1. The van der Waals surface area contributed by atoms with Gasteiger partial charge in [0.05, 0.1) is 6.04 Å². The Morgan fingerprint density at radius 1 is 1.35 bits per heavy atom. The van der Waals surface area contributed by atoms with Crippen LogP contribution >= 0.6 is 0 Å². The van der Waals surface area contributed by atoms with Crippen LogP contribution in [0, 0.1) is 5.82 Å². The number of carbonyl (C=O) groups is 1. The minimum atomic E-state index is -0.353. The first-order valence-electron chi connectivity index (χ1n) is 8.06. The topological polar surface area (TPSA) is 61.6 Å². The summed E-state index contributed by atoms with van der Waals surface area (Å²) >= 11 is 0. The maximum Gasteiger partial charge on any atom is 0.241 e. The van der Waals surface area contributed by atoms with E-state index in [1.165, 1.54) is 12.1 Å². The Balaban J connectivity index is 1.84. The Morgan fingerprint density at radius 3 is 2.57 bits per heavy atom. The number of rotatable bonds is 5. The van der Waals surface area contributed by atoms with Gasteiger partial charge in [0.25, 0.3) is 0 Å². The molecular formula is C17H27FN4O. The summed E-state index contributed by atoms with van der Waals surface area (Å²) in [5.74, 6) is -0.461. The third-order valence-electron chi connectivity index (χ3n) is 4.06. The molecule has 0 spiro atoms. The molecule has 128 valence electrons. The highest BCUT2D eigenvalue weighted by molar-refractivity contribution is 5.94. The highest BCUT2D eigenvalue weighted by Gasteiger charge is 2.27. The molecule has 0 radical (unpaired) electrons. The molecule has 1 heterocycles. The zero-order valence-electron chi connectivity index (χ0n) is 14.2. The van der Waals surface area contributed by atoms with E-state index in [0.29, 0.717) is 5.69 Å². The highest BCUT2D eigenvalue weighted by Crippen LogP contribution is 2.13. The molecule has 1 atom stereocenters. The van der Waals surface area contributed by atoms with Crippen LogP contribution in [-0.4, -0.2) is 60.0 Å². The molecule has 1 aliphatic rings. The smallest absolute Gasteiger partial charge is 0.241 e. The number of piperazine rings is 1. The van der Waals surface area contributed by atoms with Crippen LogP contribution < -0.4 is 11.1 Å². The van der Waals surface area contributed by atoms with Crippen molar-refractivity contribution in [3.8, 4) is 0 Å². The van der Waals surface area contributed by atoms with Crippen molar-refractivity contribution in [1.29, 1.82) is 0 Å². The third kappa shape index (κ3) is 5.57. The van der Waals surface area contributed by atoms with Gasteiger partial charge in [0.2, 0.25) is 5.91 Å². The summed E-state index contributed by atoms with van der Waals surface area (Å²) in [7, 11) is 0. The Kier molecular flexibility index (Phi) is 5.73. The van der Waals surface area contributed by atoms with Gasteiger partial charge in [-0.15, -0.1) is 0 Å². The summed E-state index contributed by atoms with van der Waals surface area (Å²) < 4.78 is 13.2. The molecular weight excluding hydrogens is 295 g/mol. The van der Waals surface area contributed by atoms with Crippen molar-refractivity contribution in [2.45, 2.75) is 32.4 Å². The lowest BCUT2D eigenvalue weighted by Crippen LogP contribution is -2.56. The van der Waals surface area contributed by atoms with E-state index in [4.69, 9.17) is 5.73 Å². The van der Waals surface area contributed by atoms with E-state index in [-0.39, 0.29) is 23.3 Å². The minimum absolute atomic E-state index is 0.108. The number of nitrogens with zero attached hydrogens (tertiary/aromatic N) is 2. The van der Waals surface area contributed by atoms with E-state index in [0.717, 1.165) is 32.7 Å². The lowest BCUT2D eigenvalue weighted by atomic mass is 10.1. The van der Waals surface area contributed by atoms with E-state index in [2.05, 4.69) is 15.1 Å². The van der Waals surface area contributed by atoms with Gasteiger partial charge < -0.3 is 11.1 Å². The van der Waals surface area contributed by atoms with Gasteiger partial charge in [-0.05, 0) is 39.0 Å². The number of halogens is 1. The molecule has 1 amide bonds. The monoisotopic (exact) mass is 322 g/mol. The van der Waals surface area contributed by atoms with Crippen LogP contribution in [0.25, 0.3) is 0 Å². The zero-order valence-corrected chi connectivity index (χ0v) is 14.2. The van der Waals surface area contributed by atoms with Crippen LogP contribution in [0.1, 0.15) is 20.8 Å². The molecule has 0 bridgehead atoms. The molecule has 1 saturated heterocycles. The predicted molar refractivity (Wildman–Crippen MR) is 90.8 cm³/mol. The van der Waals surface area contributed by atoms with Crippen LogP contribution in [0.5, 0.6) is 0 Å². The molecule has 0 aliphatic carbocycles. The predicted octanol–water partition coefficient (Wildman–Crippen LogP) is 1.51. The molecule has 23 heavy (non-hydrogen) atoms. The van der Waals surface area contributed by atoms with E-state index in [9.17, 15) is 9.18 Å². The van der Waals surface area contributed by atoms with Crippen LogP contribution in [0.2, 0.25) is 0 Å². The fraction of sp³-hybridized carbons (Fsp3) is 0.588. The zero-order chi connectivity index (χ0) is 17.0. The first-order chi connectivity index (χ1) is 10.7. The second-order valence-corrected chi connectivity index (χ2v) is 6.98. The van der Waals surface area contributed by atoms with Gasteiger partial charge in [-0.25, -0.2) is 4.39 Å². The second-order valence-electron chi connectivity index (χ2n) is 6.98. The summed E-state index contributed by atoms with van der Waals surface area (Å²) in [5, 5.41) is 2.78. The van der Waals surface area contributed by atoms with Crippen molar-refractivity contribution in [3.63, 3.8) is 0 Å². The number of nitrogens with one attached hydrogen (secondary N) is 1. The average molecular weight is 322 g/mol. The summed E-state index contributed by atoms with van der Waals surface area (Å²) in [6, 6.07) is 5.72. The van der Waals surface area contributed by atoms with Gasteiger partial charge in [0.15, 0.2) is 0 Å². The molecule has 5 nitrogen and oxygen atoms in total. The maximum atomic E-state index is 13.2. The van der Waals surface area contributed by atoms with Crippen molar-refractivity contribution < 1.29 is 9.18 Å². The third-order valence-corrected chi connectivity index (χ3v) is 4.06. The molecule has 2 rings (SSSR count). The van der Waals surface area contributed by atoms with Gasteiger partial charge in [-0.1, -0.05) is 6.07 Å². The largest absolute Gasteiger partial charge is 0.325 e. The summed E-state index contributed by atoms with van der Waals surface area (Å²) in [4.78, 5) is 16.8. The molecule has 1 aromatic carbocycles. The Bertz CT molecular complexity index is 536. The Morgan fingerprint density at radius 2 is 2.00 bits per heavy atom. The van der Waals surface area contributed by atoms with Crippen molar-refractivity contribution in [2.24, 2.45) is 5.73 Å². The van der Waals surface area contributed by atoms with E-state index < -0.39 is 0 Å². The number of hydrogen-bond acceptors (Lipinski definition) is 4. The van der Waals surface area contributed by atoms with Crippen molar-refractivity contribution in [1.82, 2.24) is 9.80 Å². The lowest BCUT2D eigenvalue weighted by molar-refractivity contribution is -0.121. The number of benzene rings is 1. The van der Waals surface area contributed by atoms with Gasteiger partial charge in [0, 0.05) is 44.0 Å². The first kappa shape index (κ1) is 17.8. The number of hydrogen-bond donors (Lipinski definition) is 2. The molecule has 1 aromatic rings. The summed E-state index contributed by atoms with van der Waals surface area (Å²) in [6.07, 6.45) is 0. The van der Waals surface area contributed by atoms with E-state index >= 15 is 0 Å². The fourth-order valence-electron chi connectivity index (χ4n) is 2.86. The minimum Gasteiger partial charge on any atom is -0.325 e. The van der Waals surface area contributed by atoms with Crippen LogP contribution in [0.15, 0.2) is 24.3 Å². The molecule has 1 unspecified atom stereocenters. The van der Waals surface area contributed by atoms with Crippen molar-refractivity contribution >= 4 is 11.6 Å². The highest BCUT2D eigenvalue weighted by atomic mass is 19.1. The molecule has 0 saturated carbocycles. The van der Waals surface area contributed by atoms with Crippen LogP contribution in [0.4, 0.5) is 10.1 Å². The molecule has 3 N–H and O–H groups in total. The lowest BCUT2D eigenvalue weighted by Gasteiger charge is -2.39. The van der Waals surface area contributed by atoms with E-state index in [1.807, 2.05) is 20.8 Å². The molecule has 6 heteroatoms. The SMILES string of the molecule is CC(C(=O)Nc1cccc(F)c1)N1CCN(CC(C)(C)N)CC1. The number of nitrogens with two attached hydrogens (primary N) is 1. The number of amides is 1. The van der Waals surface area contributed by atoms with Crippen molar-refractivity contribution in [2.75, 3.05) is 38.0 Å². The standard InChI is InChI=1S/C17H27FN4O/c1-13(16(23)20-15-6-4-5-14(18)11-15)22-9-7-21(8-10-22)12-17(2,3)19/h4-6,11,13H,7-10,12,19H2,1-3H3,(H,20,23). The van der Waals surface area contributed by atoms with Crippen LogP contribution in [0.3, 0.4) is 0 Å². The number of carbonyl (C=O) groups excluding carboxylic acids is 1. The van der Waals surface area contributed by atoms with Gasteiger partial charge in [-0.2, -0.15) is 0 Å². The Labute approximate surface area is 137 Å². The van der Waals surface area contributed by atoms with Gasteiger partial charge in [0.1, 0.15) is 5.82 Å². The second kappa shape index (κ2) is 7.38. The maximum absolute atomic E-state index is 13.2. The Hall–Kier alpha value is -1.50. The molecule has 0 aromatic heterocycles. The molecule has 1 aliphatic heterocycles. The van der Waals surface area contributed by atoms with Gasteiger partial charge in [-0.3, -0.25) is 14.6 Å². The average Bonchev–Trinajstić information content (AvgIpc) is 2.45. The quantitative estimate of drug-likeness (QED) is 0.863.